The molecule has 1 aromatic rings. The van der Waals surface area contributed by atoms with E-state index in [4.69, 9.17) is 4.74 Å². The summed E-state index contributed by atoms with van der Waals surface area (Å²) in [6.07, 6.45) is 6.39. The van der Waals surface area contributed by atoms with Gasteiger partial charge >= 0.3 is 5.97 Å². The lowest BCUT2D eigenvalue weighted by Gasteiger charge is -2.40. The summed E-state index contributed by atoms with van der Waals surface area (Å²) in [4.78, 5) is 14.2. The third-order valence-corrected chi connectivity index (χ3v) is 4.62. The third-order valence-electron chi connectivity index (χ3n) is 4.62. The summed E-state index contributed by atoms with van der Waals surface area (Å²) in [7, 11) is 0. The molecule has 3 heteroatoms. The molecule has 0 aromatic heterocycles. The van der Waals surface area contributed by atoms with Crippen molar-refractivity contribution >= 4 is 5.97 Å². The second-order valence-corrected chi connectivity index (χ2v) is 6.27. The van der Waals surface area contributed by atoms with Gasteiger partial charge in [0.25, 0.3) is 0 Å². The number of carbonyl (C=O) groups excluding carboxylic acids is 1. The Morgan fingerprint density at radius 1 is 1.32 bits per heavy atom. The van der Waals surface area contributed by atoms with E-state index in [0.717, 1.165) is 19.4 Å². The highest BCUT2D eigenvalue weighted by Gasteiger charge is 2.26. The fraction of sp³-hybridized carbons (Fsp3) is 0.632. The van der Waals surface area contributed by atoms with Crippen LogP contribution in [0.25, 0.3) is 0 Å². The highest BCUT2D eigenvalue weighted by molar-refractivity contribution is 5.69. The molecule has 1 saturated heterocycles. The number of benzene rings is 1. The normalized spacial score (nSPS) is 20.5. The van der Waals surface area contributed by atoms with E-state index in [9.17, 15) is 4.79 Å². The molecule has 2 unspecified atom stereocenters. The first-order valence-electron chi connectivity index (χ1n) is 8.66. The fourth-order valence-electron chi connectivity index (χ4n) is 3.43. The zero-order chi connectivity index (χ0) is 15.8. The van der Waals surface area contributed by atoms with E-state index in [1.54, 1.807) is 0 Å². The minimum absolute atomic E-state index is 0.0639. The van der Waals surface area contributed by atoms with E-state index in [0.29, 0.717) is 25.1 Å². The highest BCUT2D eigenvalue weighted by Crippen LogP contribution is 2.24. The van der Waals surface area contributed by atoms with Crippen molar-refractivity contribution in [2.45, 2.75) is 64.5 Å². The van der Waals surface area contributed by atoms with Gasteiger partial charge in [-0.3, -0.25) is 9.69 Å². The van der Waals surface area contributed by atoms with E-state index in [2.05, 4.69) is 42.2 Å². The molecule has 1 fully saturated rings. The Kier molecular flexibility index (Phi) is 6.91. The molecule has 0 radical (unpaired) electrons. The molecule has 0 amide bonds. The molecule has 1 aliphatic heterocycles. The fourth-order valence-corrected chi connectivity index (χ4v) is 3.43. The van der Waals surface area contributed by atoms with Crippen molar-refractivity contribution in [2.75, 3.05) is 13.2 Å². The van der Waals surface area contributed by atoms with Crippen LogP contribution in [-0.4, -0.2) is 36.1 Å². The molecule has 1 aliphatic rings. The maximum absolute atomic E-state index is 11.6. The molecule has 2 atom stereocenters. The van der Waals surface area contributed by atoms with Crippen molar-refractivity contribution in [3.63, 3.8) is 0 Å². The predicted octanol–water partition coefficient (Wildman–Crippen LogP) is 3.82. The van der Waals surface area contributed by atoms with Crippen molar-refractivity contribution in [3.8, 4) is 0 Å². The summed E-state index contributed by atoms with van der Waals surface area (Å²) in [5, 5.41) is 0. The van der Waals surface area contributed by atoms with Gasteiger partial charge in [0.15, 0.2) is 0 Å². The average Bonchev–Trinajstić information content (AvgIpc) is 2.54. The van der Waals surface area contributed by atoms with Crippen molar-refractivity contribution in [1.29, 1.82) is 0 Å². The number of piperidine rings is 1. The molecule has 122 valence electrons. The SMILES string of the molecule is CCOC(=O)CCC(C)N1CCCCC1Cc1ccccc1. The molecule has 0 N–H and O–H groups in total. The van der Waals surface area contributed by atoms with Gasteiger partial charge in [-0.15, -0.1) is 0 Å². The van der Waals surface area contributed by atoms with Crippen LogP contribution in [0, 0.1) is 0 Å². The van der Waals surface area contributed by atoms with Crippen LogP contribution in [0.2, 0.25) is 0 Å². The van der Waals surface area contributed by atoms with E-state index in [1.165, 1.54) is 24.8 Å². The largest absolute Gasteiger partial charge is 0.466 e. The minimum atomic E-state index is -0.0639. The molecule has 1 aromatic carbocycles. The Balaban J connectivity index is 1.89. The highest BCUT2D eigenvalue weighted by atomic mass is 16.5. The molecule has 22 heavy (non-hydrogen) atoms. The molecule has 0 saturated carbocycles. The molecule has 3 nitrogen and oxygen atoms in total. The van der Waals surface area contributed by atoms with Crippen molar-refractivity contribution < 1.29 is 9.53 Å². The van der Waals surface area contributed by atoms with E-state index in [-0.39, 0.29) is 5.97 Å². The van der Waals surface area contributed by atoms with Crippen molar-refractivity contribution in [2.24, 2.45) is 0 Å². The Morgan fingerprint density at radius 2 is 2.09 bits per heavy atom. The maximum Gasteiger partial charge on any atom is 0.305 e. The first kappa shape index (κ1) is 17.0. The maximum atomic E-state index is 11.6. The van der Waals surface area contributed by atoms with Crippen LogP contribution >= 0.6 is 0 Å². The standard InChI is InChI=1S/C19H29NO2/c1-3-22-19(21)13-12-16(2)20-14-8-7-11-18(20)15-17-9-5-4-6-10-17/h4-6,9-10,16,18H,3,7-8,11-15H2,1-2H3. The number of carbonyl (C=O) groups is 1. The Hall–Kier alpha value is -1.35. The summed E-state index contributed by atoms with van der Waals surface area (Å²) >= 11 is 0. The van der Waals surface area contributed by atoms with Gasteiger partial charge in [0.2, 0.25) is 0 Å². The van der Waals surface area contributed by atoms with E-state index < -0.39 is 0 Å². The molecule has 1 heterocycles. The number of rotatable bonds is 7. The number of likely N-dealkylation sites (tertiary alicyclic amines) is 1. The number of hydrogen-bond donors (Lipinski definition) is 0. The lowest BCUT2D eigenvalue weighted by Crippen LogP contribution is -2.46. The summed E-state index contributed by atoms with van der Waals surface area (Å²) in [6, 6.07) is 11.8. The smallest absolute Gasteiger partial charge is 0.305 e. The van der Waals surface area contributed by atoms with Crippen LogP contribution in [-0.2, 0) is 16.0 Å². The zero-order valence-corrected chi connectivity index (χ0v) is 14.0. The quantitative estimate of drug-likeness (QED) is 0.717. The third kappa shape index (κ3) is 5.13. The Labute approximate surface area is 134 Å². The Morgan fingerprint density at radius 3 is 2.82 bits per heavy atom. The number of ether oxygens (including phenoxy) is 1. The number of hydrogen-bond acceptors (Lipinski definition) is 3. The molecule has 0 aliphatic carbocycles. The predicted molar refractivity (Wildman–Crippen MR) is 89.8 cm³/mol. The minimum Gasteiger partial charge on any atom is -0.466 e. The monoisotopic (exact) mass is 303 g/mol. The van der Waals surface area contributed by atoms with Crippen LogP contribution in [0.15, 0.2) is 30.3 Å². The number of esters is 1. The van der Waals surface area contributed by atoms with Gasteiger partial charge in [-0.25, -0.2) is 0 Å². The van der Waals surface area contributed by atoms with Crippen LogP contribution in [0.1, 0.15) is 51.5 Å². The van der Waals surface area contributed by atoms with Gasteiger partial charge in [0, 0.05) is 18.5 Å². The number of nitrogens with zero attached hydrogens (tertiary/aromatic N) is 1. The lowest BCUT2D eigenvalue weighted by molar-refractivity contribution is -0.143. The van der Waals surface area contributed by atoms with Gasteiger partial charge in [-0.05, 0) is 51.6 Å². The molecular weight excluding hydrogens is 274 g/mol. The van der Waals surface area contributed by atoms with E-state index >= 15 is 0 Å². The van der Waals surface area contributed by atoms with Crippen LogP contribution in [0.5, 0.6) is 0 Å². The van der Waals surface area contributed by atoms with Gasteiger partial charge in [-0.1, -0.05) is 36.8 Å². The first-order chi connectivity index (χ1) is 10.7. The summed E-state index contributed by atoms with van der Waals surface area (Å²) in [5.74, 6) is -0.0639. The molecule has 0 spiro atoms. The summed E-state index contributed by atoms with van der Waals surface area (Å²) < 4.78 is 5.04. The summed E-state index contributed by atoms with van der Waals surface area (Å²) in [5.41, 5.74) is 1.41. The second kappa shape index (κ2) is 8.94. The lowest BCUT2D eigenvalue weighted by atomic mass is 9.93. The van der Waals surface area contributed by atoms with Gasteiger partial charge in [0.1, 0.15) is 0 Å². The van der Waals surface area contributed by atoms with Gasteiger partial charge in [-0.2, -0.15) is 0 Å². The van der Waals surface area contributed by atoms with Crippen molar-refractivity contribution in [3.05, 3.63) is 35.9 Å². The molecule has 2 rings (SSSR count). The van der Waals surface area contributed by atoms with Crippen LogP contribution < -0.4 is 0 Å². The summed E-state index contributed by atoms with van der Waals surface area (Å²) in [6.45, 7) is 5.75. The van der Waals surface area contributed by atoms with Crippen molar-refractivity contribution in [1.82, 2.24) is 4.90 Å². The zero-order valence-electron chi connectivity index (χ0n) is 14.0. The Bertz CT molecular complexity index is 446. The molecular formula is C19H29NO2. The van der Waals surface area contributed by atoms with Gasteiger partial charge < -0.3 is 4.74 Å². The average molecular weight is 303 g/mol. The van der Waals surface area contributed by atoms with Gasteiger partial charge in [0.05, 0.1) is 6.61 Å². The first-order valence-corrected chi connectivity index (χ1v) is 8.66. The van der Waals surface area contributed by atoms with Crippen LogP contribution in [0.3, 0.4) is 0 Å². The second-order valence-electron chi connectivity index (χ2n) is 6.27. The van der Waals surface area contributed by atoms with Crippen LogP contribution in [0.4, 0.5) is 0 Å². The molecule has 0 bridgehead atoms. The topological polar surface area (TPSA) is 29.5 Å². The van der Waals surface area contributed by atoms with E-state index in [1.807, 2.05) is 6.92 Å².